The summed E-state index contributed by atoms with van der Waals surface area (Å²) < 4.78 is 66.8. The summed E-state index contributed by atoms with van der Waals surface area (Å²) in [5, 5.41) is 0. The number of benzene rings is 4. The zero-order valence-electron chi connectivity index (χ0n) is 24.4. The predicted molar refractivity (Wildman–Crippen MR) is 163 cm³/mol. The van der Waals surface area contributed by atoms with Crippen molar-refractivity contribution in [3.8, 4) is 0 Å². The van der Waals surface area contributed by atoms with Gasteiger partial charge in [0.2, 0.25) is 0 Å². The van der Waals surface area contributed by atoms with Crippen LogP contribution in [0.4, 0.5) is 27.6 Å². The highest BCUT2D eigenvalue weighted by atomic mass is 19.4. The summed E-state index contributed by atoms with van der Waals surface area (Å²) in [6.45, 7) is 3.86. The van der Waals surface area contributed by atoms with Crippen molar-refractivity contribution in [3.63, 3.8) is 0 Å². The summed E-state index contributed by atoms with van der Waals surface area (Å²) in [5.74, 6) is -0.699. The minimum Gasteiger partial charge on any atom is -0.369 e. The van der Waals surface area contributed by atoms with E-state index in [1.165, 1.54) is 36.4 Å². The molecule has 0 aliphatic carbocycles. The lowest BCUT2D eigenvalue weighted by Gasteiger charge is -2.36. The fourth-order valence-corrected chi connectivity index (χ4v) is 6.04. The van der Waals surface area contributed by atoms with Gasteiger partial charge in [-0.05, 0) is 72.6 Å². The molecule has 1 amide bonds. The van der Waals surface area contributed by atoms with Gasteiger partial charge in [0, 0.05) is 44.0 Å². The quantitative estimate of drug-likeness (QED) is 0.206. The van der Waals surface area contributed by atoms with Crippen LogP contribution >= 0.6 is 0 Å². The van der Waals surface area contributed by atoms with E-state index in [4.69, 9.17) is 4.99 Å². The third kappa shape index (κ3) is 6.20. The minimum absolute atomic E-state index is 0.299. The number of nitrogens with zero attached hydrogens (tertiary/aromatic N) is 4. The lowest BCUT2D eigenvalue weighted by Crippen LogP contribution is -2.47. The van der Waals surface area contributed by atoms with Gasteiger partial charge >= 0.3 is 6.18 Å². The summed E-state index contributed by atoms with van der Waals surface area (Å²) in [6, 6.07) is 25.9. The van der Waals surface area contributed by atoms with Crippen LogP contribution in [0.25, 0.3) is 0 Å². The Kier molecular flexibility index (Phi) is 8.42. The Morgan fingerprint density at radius 1 is 0.689 bits per heavy atom. The van der Waals surface area contributed by atoms with E-state index < -0.39 is 28.9 Å². The second-order valence-electron chi connectivity index (χ2n) is 11.2. The van der Waals surface area contributed by atoms with Crippen molar-refractivity contribution in [1.29, 1.82) is 0 Å². The highest BCUT2D eigenvalue weighted by Crippen LogP contribution is 2.41. The molecule has 2 aliphatic rings. The zero-order chi connectivity index (χ0) is 31.6. The molecule has 0 N–H and O–H groups in total. The molecule has 1 saturated heterocycles. The van der Waals surface area contributed by atoms with Crippen LogP contribution in [0.5, 0.6) is 0 Å². The summed E-state index contributed by atoms with van der Waals surface area (Å²) in [4.78, 5) is 25.5. The van der Waals surface area contributed by atoms with Crippen molar-refractivity contribution in [2.24, 2.45) is 4.99 Å². The van der Waals surface area contributed by atoms with Crippen LogP contribution in [0, 0.1) is 11.6 Å². The topological polar surface area (TPSA) is 39.2 Å². The number of amidine groups is 1. The van der Waals surface area contributed by atoms with Gasteiger partial charge in [-0.2, -0.15) is 13.2 Å². The number of aliphatic imine (C=N–C) groups is 1. The molecule has 232 valence electrons. The van der Waals surface area contributed by atoms with Gasteiger partial charge in [-0.25, -0.2) is 13.8 Å². The highest BCUT2D eigenvalue weighted by molar-refractivity contribution is 6.16. The van der Waals surface area contributed by atoms with E-state index in [0.717, 1.165) is 36.5 Å². The van der Waals surface area contributed by atoms with Gasteiger partial charge < -0.3 is 4.90 Å². The number of alkyl halides is 3. The normalized spacial score (nSPS) is 17.1. The molecule has 2 aliphatic heterocycles. The van der Waals surface area contributed by atoms with E-state index in [9.17, 15) is 26.7 Å². The molecular formula is C35H31F5N4O. The number of amides is 1. The maximum atomic E-state index is 14.5. The Bertz CT molecular complexity index is 1600. The van der Waals surface area contributed by atoms with Gasteiger partial charge in [-0.3, -0.25) is 14.6 Å². The first-order valence-electron chi connectivity index (χ1n) is 14.8. The van der Waals surface area contributed by atoms with Crippen LogP contribution in [0.3, 0.4) is 0 Å². The standard InChI is InChI=1S/C35H31F5N4O/c36-29-13-7-26(8-14-29)34(27-9-15-30(37)16-10-27)33(45)44(32(41-34)25-5-2-1-3-6-25)20-4-19-42-21-23-43(24-22-42)31-17-11-28(12-18-31)35(38,39)40/h1-3,5-18H,4,19-24H2. The summed E-state index contributed by atoms with van der Waals surface area (Å²) in [7, 11) is 0. The first kappa shape index (κ1) is 30.5. The van der Waals surface area contributed by atoms with Gasteiger partial charge in [-0.15, -0.1) is 0 Å². The second-order valence-corrected chi connectivity index (χ2v) is 11.2. The zero-order valence-corrected chi connectivity index (χ0v) is 24.4. The van der Waals surface area contributed by atoms with Gasteiger partial charge in [0.05, 0.1) is 5.56 Å². The number of piperazine rings is 1. The number of carbonyl (C=O) groups excluding carboxylic acids is 1. The molecule has 0 saturated carbocycles. The van der Waals surface area contributed by atoms with Crippen molar-refractivity contribution in [1.82, 2.24) is 9.80 Å². The third-order valence-electron chi connectivity index (χ3n) is 8.43. The SMILES string of the molecule is O=C1N(CCCN2CCN(c3ccc(C(F)(F)F)cc3)CC2)C(c2ccccc2)=NC1(c1ccc(F)cc1)c1ccc(F)cc1. The molecule has 5 nitrogen and oxygen atoms in total. The average Bonchev–Trinajstić information content (AvgIpc) is 3.34. The highest BCUT2D eigenvalue weighted by Gasteiger charge is 2.51. The summed E-state index contributed by atoms with van der Waals surface area (Å²) in [6.07, 6.45) is -3.72. The van der Waals surface area contributed by atoms with E-state index >= 15 is 0 Å². The Morgan fingerprint density at radius 2 is 1.24 bits per heavy atom. The fraction of sp³-hybridized carbons (Fsp3) is 0.257. The molecule has 0 atom stereocenters. The van der Waals surface area contributed by atoms with Crippen LogP contribution in [0.15, 0.2) is 108 Å². The van der Waals surface area contributed by atoms with Crippen molar-refractivity contribution < 1.29 is 26.7 Å². The molecule has 45 heavy (non-hydrogen) atoms. The van der Waals surface area contributed by atoms with Gasteiger partial charge in [0.25, 0.3) is 5.91 Å². The van der Waals surface area contributed by atoms with E-state index in [1.54, 1.807) is 29.2 Å². The summed E-state index contributed by atoms with van der Waals surface area (Å²) >= 11 is 0. The van der Waals surface area contributed by atoms with Crippen molar-refractivity contribution in [3.05, 3.63) is 137 Å². The Morgan fingerprint density at radius 3 is 1.78 bits per heavy atom. The molecule has 6 rings (SSSR count). The minimum atomic E-state index is -4.36. The monoisotopic (exact) mass is 618 g/mol. The molecule has 0 aromatic heterocycles. The summed E-state index contributed by atoms with van der Waals surface area (Å²) in [5.41, 5.74) is 0.295. The van der Waals surface area contributed by atoms with Crippen LogP contribution in [0.1, 0.15) is 28.7 Å². The maximum absolute atomic E-state index is 14.5. The van der Waals surface area contributed by atoms with Crippen LogP contribution < -0.4 is 4.90 Å². The molecule has 0 radical (unpaired) electrons. The van der Waals surface area contributed by atoms with Crippen molar-refractivity contribution in [2.75, 3.05) is 44.2 Å². The lowest BCUT2D eigenvalue weighted by molar-refractivity contribution is -0.137. The molecule has 0 spiro atoms. The molecule has 4 aromatic carbocycles. The number of anilines is 1. The first-order valence-corrected chi connectivity index (χ1v) is 14.8. The number of rotatable bonds is 8. The van der Waals surface area contributed by atoms with Crippen LogP contribution in [0.2, 0.25) is 0 Å². The fourth-order valence-electron chi connectivity index (χ4n) is 6.04. The Labute approximate surface area is 258 Å². The molecule has 0 unspecified atom stereocenters. The lowest BCUT2D eigenvalue weighted by atomic mass is 9.82. The smallest absolute Gasteiger partial charge is 0.369 e. The second kappa shape index (κ2) is 12.4. The van der Waals surface area contributed by atoms with Crippen molar-refractivity contribution in [2.45, 2.75) is 18.1 Å². The Hall–Kier alpha value is -4.57. The number of hydrogen-bond donors (Lipinski definition) is 0. The largest absolute Gasteiger partial charge is 0.416 e. The molecule has 2 heterocycles. The molecule has 0 bridgehead atoms. The van der Waals surface area contributed by atoms with E-state index in [1.807, 2.05) is 30.3 Å². The van der Waals surface area contributed by atoms with Gasteiger partial charge in [0.15, 0.2) is 5.54 Å². The average molecular weight is 619 g/mol. The van der Waals surface area contributed by atoms with Crippen molar-refractivity contribution >= 4 is 17.4 Å². The predicted octanol–water partition coefficient (Wildman–Crippen LogP) is 6.73. The Balaban J connectivity index is 1.19. The maximum Gasteiger partial charge on any atom is 0.416 e. The van der Waals surface area contributed by atoms with E-state index in [-0.39, 0.29) is 5.91 Å². The number of halogens is 5. The van der Waals surface area contributed by atoms with E-state index in [0.29, 0.717) is 49.6 Å². The molecular weight excluding hydrogens is 587 g/mol. The molecule has 1 fully saturated rings. The van der Waals surface area contributed by atoms with Crippen LogP contribution in [-0.4, -0.2) is 60.8 Å². The van der Waals surface area contributed by atoms with E-state index in [2.05, 4.69) is 9.80 Å². The van der Waals surface area contributed by atoms with Gasteiger partial charge in [-0.1, -0.05) is 54.6 Å². The number of carbonyl (C=O) groups is 1. The third-order valence-corrected chi connectivity index (χ3v) is 8.43. The van der Waals surface area contributed by atoms with Gasteiger partial charge in [0.1, 0.15) is 17.5 Å². The number of hydrogen-bond acceptors (Lipinski definition) is 4. The van der Waals surface area contributed by atoms with Crippen LogP contribution in [-0.2, 0) is 16.5 Å². The molecule has 4 aromatic rings. The first-order chi connectivity index (χ1) is 21.6. The molecule has 10 heteroatoms.